The van der Waals surface area contributed by atoms with Crippen molar-refractivity contribution >= 4 is 16.8 Å². The lowest BCUT2D eigenvalue weighted by atomic mass is 9.86. The quantitative estimate of drug-likeness (QED) is 0.716. The standard InChI is InChI=1S/C17H15F6N3O2.H2/c18-12-2-8-1-9(6-24-13(8)5-14(12)28-16(19)20)15(27)26-11-3-10(4-11)25-7-17(21,22)23;/h1-2,5-6,10-11,16,25H,3-4,7H2,(H,26,27);1H. The molecule has 0 unspecified atom stereocenters. The molecule has 5 nitrogen and oxygen atoms in total. The second kappa shape index (κ2) is 7.82. The second-order valence-electron chi connectivity index (χ2n) is 6.41. The molecule has 1 amide bonds. The van der Waals surface area contributed by atoms with Crippen LogP contribution in [-0.4, -0.2) is 42.3 Å². The first-order valence-electron chi connectivity index (χ1n) is 8.26. The summed E-state index contributed by atoms with van der Waals surface area (Å²) in [5.41, 5.74) is 0.273. The van der Waals surface area contributed by atoms with Gasteiger partial charge in [-0.2, -0.15) is 22.0 Å². The summed E-state index contributed by atoms with van der Waals surface area (Å²) in [6, 6.07) is 2.65. The van der Waals surface area contributed by atoms with Gasteiger partial charge in [-0.25, -0.2) is 4.39 Å². The molecule has 154 valence electrons. The summed E-state index contributed by atoms with van der Waals surface area (Å²) in [5, 5.41) is 5.23. The number of carbonyl (C=O) groups is 1. The normalized spacial score (nSPS) is 19.5. The number of benzene rings is 1. The van der Waals surface area contributed by atoms with E-state index < -0.39 is 36.8 Å². The highest BCUT2D eigenvalue weighted by Crippen LogP contribution is 2.26. The number of amides is 1. The van der Waals surface area contributed by atoms with Crippen molar-refractivity contribution in [3.05, 3.63) is 35.8 Å². The molecular weight excluding hydrogens is 392 g/mol. The molecule has 1 saturated carbocycles. The summed E-state index contributed by atoms with van der Waals surface area (Å²) in [6.45, 7) is -4.27. The van der Waals surface area contributed by atoms with Crippen molar-refractivity contribution in [1.29, 1.82) is 0 Å². The number of ether oxygens (including phenoxy) is 1. The van der Waals surface area contributed by atoms with Crippen LogP contribution in [0.5, 0.6) is 5.75 Å². The zero-order chi connectivity index (χ0) is 20.5. The van der Waals surface area contributed by atoms with Crippen molar-refractivity contribution in [2.24, 2.45) is 0 Å². The molecule has 0 aliphatic heterocycles. The van der Waals surface area contributed by atoms with Crippen molar-refractivity contribution < 1.29 is 37.3 Å². The summed E-state index contributed by atoms with van der Waals surface area (Å²) in [5.74, 6) is -2.19. The molecule has 2 aromatic rings. The molecule has 3 rings (SSSR count). The van der Waals surface area contributed by atoms with E-state index in [4.69, 9.17) is 0 Å². The highest BCUT2D eigenvalue weighted by molar-refractivity contribution is 5.97. The number of fused-ring (bicyclic) bond motifs is 1. The van der Waals surface area contributed by atoms with E-state index in [0.717, 1.165) is 12.1 Å². The van der Waals surface area contributed by atoms with Crippen molar-refractivity contribution in [1.82, 2.24) is 15.6 Å². The molecular formula is C17H17F6N3O2. The van der Waals surface area contributed by atoms with Crippen LogP contribution in [0.25, 0.3) is 10.9 Å². The van der Waals surface area contributed by atoms with Crippen LogP contribution in [0.1, 0.15) is 24.6 Å². The van der Waals surface area contributed by atoms with E-state index in [1.807, 2.05) is 0 Å². The van der Waals surface area contributed by atoms with Crippen LogP contribution in [0.3, 0.4) is 0 Å². The summed E-state index contributed by atoms with van der Waals surface area (Å²) in [6.07, 6.45) is -2.39. The largest absolute Gasteiger partial charge is 0.432 e. The Balaban J connectivity index is 0.00000300. The minimum Gasteiger partial charge on any atom is -0.432 e. The lowest BCUT2D eigenvalue weighted by molar-refractivity contribution is -0.127. The van der Waals surface area contributed by atoms with Gasteiger partial charge in [0.15, 0.2) is 11.6 Å². The van der Waals surface area contributed by atoms with Gasteiger partial charge in [0.1, 0.15) is 0 Å². The molecule has 11 heteroatoms. The number of hydrogen-bond donors (Lipinski definition) is 2. The Bertz CT molecular complexity index is 874. The summed E-state index contributed by atoms with van der Waals surface area (Å²) in [7, 11) is 0. The van der Waals surface area contributed by atoms with E-state index >= 15 is 0 Å². The fraction of sp³-hybridized carbons (Fsp3) is 0.412. The zero-order valence-electron chi connectivity index (χ0n) is 14.2. The first-order chi connectivity index (χ1) is 13.1. The predicted molar refractivity (Wildman–Crippen MR) is 88.8 cm³/mol. The van der Waals surface area contributed by atoms with E-state index in [9.17, 15) is 31.1 Å². The molecule has 1 fully saturated rings. The van der Waals surface area contributed by atoms with Gasteiger partial charge in [-0.05, 0) is 25.0 Å². The maximum atomic E-state index is 13.8. The van der Waals surface area contributed by atoms with Gasteiger partial charge in [-0.3, -0.25) is 9.78 Å². The lowest BCUT2D eigenvalue weighted by Gasteiger charge is -2.36. The third-order valence-electron chi connectivity index (χ3n) is 4.28. The Hall–Kier alpha value is -2.56. The Labute approximate surface area is 156 Å². The van der Waals surface area contributed by atoms with E-state index in [2.05, 4.69) is 20.4 Å². The Morgan fingerprint density at radius 3 is 2.61 bits per heavy atom. The maximum absolute atomic E-state index is 13.8. The van der Waals surface area contributed by atoms with Gasteiger partial charge in [-0.1, -0.05) is 0 Å². The molecule has 0 bridgehead atoms. The fourth-order valence-electron chi connectivity index (χ4n) is 2.87. The third kappa shape index (κ3) is 5.03. The number of nitrogens with one attached hydrogen (secondary N) is 2. The van der Waals surface area contributed by atoms with Gasteiger partial charge in [-0.15, -0.1) is 0 Å². The van der Waals surface area contributed by atoms with Crippen molar-refractivity contribution in [3.63, 3.8) is 0 Å². The highest BCUT2D eigenvalue weighted by Gasteiger charge is 2.34. The molecule has 1 heterocycles. The van der Waals surface area contributed by atoms with Gasteiger partial charge < -0.3 is 15.4 Å². The summed E-state index contributed by atoms with van der Waals surface area (Å²) >= 11 is 0. The van der Waals surface area contributed by atoms with E-state index in [-0.39, 0.29) is 30.0 Å². The monoisotopic (exact) mass is 409 g/mol. The van der Waals surface area contributed by atoms with Gasteiger partial charge in [0, 0.05) is 31.2 Å². The number of halogens is 6. The molecule has 0 atom stereocenters. The minimum atomic E-state index is -4.29. The van der Waals surface area contributed by atoms with Crippen molar-refractivity contribution in [3.8, 4) is 5.75 Å². The molecule has 0 radical (unpaired) electrons. The Morgan fingerprint density at radius 2 is 1.96 bits per heavy atom. The number of alkyl halides is 5. The van der Waals surface area contributed by atoms with Crippen LogP contribution in [0.15, 0.2) is 24.4 Å². The third-order valence-corrected chi connectivity index (χ3v) is 4.28. The van der Waals surface area contributed by atoms with Crippen LogP contribution in [0.2, 0.25) is 0 Å². The topological polar surface area (TPSA) is 63.2 Å². The number of rotatable bonds is 6. The second-order valence-corrected chi connectivity index (χ2v) is 6.41. The predicted octanol–water partition coefficient (Wildman–Crippen LogP) is 3.63. The molecule has 2 N–H and O–H groups in total. The van der Waals surface area contributed by atoms with E-state index in [1.165, 1.54) is 12.3 Å². The molecule has 1 aromatic carbocycles. The summed E-state index contributed by atoms with van der Waals surface area (Å²) < 4.78 is 78.8. The molecule has 1 aliphatic rings. The Kier molecular flexibility index (Phi) is 5.64. The smallest absolute Gasteiger partial charge is 0.401 e. The molecule has 0 saturated heterocycles. The lowest BCUT2D eigenvalue weighted by Crippen LogP contribution is -2.53. The van der Waals surface area contributed by atoms with E-state index in [1.54, 1.807) is 0 Å². The van der Waals surface area contributed by atoms with Crippen LogP contribution < -0.4 is 15.4 Å². The number of hydrogen-bond acceptors (Lipinski definition) is 4. The number of aromatic nitrogens is 1. The molecule has 1 aliphatic carbocycles. The van der Waals surface area contributed by atoms with Gasteiger partial charge in [0.2, 0.25) is 0 Å². The summed E-state index contributed by atoms with van der Waals surface area (Å²) in [4.78, 5) is 16.2. The molecule has 28 heavy (non-hydrogen) atoms. The number of nitrogens with zero attached hydrogens (tertiary/aromatic N) is 1. The molecule has 0 spiro atoms. The SMILES string of the molecule is O=C(NC1CC(NCC(F)(F)F)C1)c1cnc2cc(OC(F)F)c(F)cc2c1.[HH]. The van der Waals surface area contributed by atoms with Gasteiger partial charge in [0.05, 0.1) is 17.6 Å². The highest BCUT2D eigenvalue weighted by atomic mass is 19.4. The van der Waals surface area contributed by atoms with Crippen LogP contribution in [0.4, 0.5) is 26.3 Å². The van der Waals surface area contributed by atoms with Crippen LogP contribution in [0, 0.1) is 5.82 Å². The van der Waals surface area contributed by atoms with Crippen molar-refractivity contribution in [2.45, 2.75) is 37.7 Å². The maximum Gasteiger partial charge on any atom is 0.401 e. The van der Waals surface area contributed by atoms with Crippen molar-refractivity contribution in [2.75, 3.05) is 6.54 Å². The van der Waals surface area contributed by atoms with E-state index in [0.29, 0.717) is 12.8 Å². The molecule has 1 aromatic heterocycles. The van der Waals surface area contributed by atoms with Crippen LogP contribution in [-0.2, 0) is 0 Å². The average Bonchev–Trinajstić information content (AvgIpc) is 2.55. The fourth-order valence-corrected chi connectivity index (χ4v) is 2.87. The number of pyridine rings is 1. The minimum absolute atomic E-state index is 0. The first kappa shape index (κ1) is 20.2. The van der Waals surface area contributed by atoms with Gasteiger partial charge in [0.25, 0.3) is 5.91 Å². The number of carbonyl (C=O) groups excluding carboxylic acids is 1. The average molecular weight is 409 g/mol. The van der Waals surface area contributed by atoms with Gasteiger partial charge >= 0.3 is 12.8 Å². The first-order valence-corrected chi connectivity index (χ1v) is 8.26. The Morgan fingerprint density at radius 1 is 1.25 bits per heavy atom. The van der Waals surface area contributed by atoms with Crippen LogP contribution >= 0.6 is 0 Å². The zero-order valence-corrected chi connectivity index (χ0v) is 14.2.